The first-order valence-electron chi connectivity index (χ1n) is 7.93. The highest BCUT2D eigenvalue weighted by Gasteiger charge is 2.45. The van der Waals surface area contributed by atoms with E-state index in [4.69, 9.17) is 17.3 Å². The number of halogens is 3. The second-order valence-corrected chi connectivity index (χ2v) is 7.30. The van der Waals surface area contributed by atoms with Gasteiger partial charge in [-0.15, -0.1) is 12.4 Å². The Morgan fingerprint density at radius 2 is 2.17 bits per heavy atom. The van der Waals surface area contributed by atoms with Gasteiger partial charge in [-0.05, 0) is 38.3 Å². The van der Waals surface area contributed by atoms with Crippen molar-refractivity contribution in [3.8, 4) is 0 Å². The number of carbonyl (C=O) groups excluding carboxylic acids is 1. The predicted octanol–water partition coefficient (Wildman–Crippen LogP) is 3.78. The van der Waals surface area contributed by atoms with Crippen LogP contribution in [0.2, 0.25) is 5.02 Å². The second kappa shape index (κ2) is 6.96. The molecule has 0 heterocycles. The van der Waals surface area contributed by atoms with Gasteiger partial charge in [0, 0.05) is 28.1 Å². The van der Waals surface area contributed by atoms with Gasteiger partial charge in [-0.3, -0.25) is 4.79 Å². The second-order valence-electron chi connectivity index (χ2n) is 6.90. The van der Waals surface area contributed by atoms with E-state index < -0.39 is 5.54 Å². The zero-order valence-corrected chi connectivity index (χ0v) is 14.7. The van der Waals surface area contributed by atoms with Gasteiger partial charge < -0.3 is 11.1 Å². The molecule has 1 aromatic carbocycles. The topological polar surface area (TPSA) is 55.1 Å². The monoisotopic (exact) mass is 360 g/mol. The summed E-state index contributed by atoms with van der Waals surface area (Å²) in [6.07, 6.45) is 4.56. The molecule has 3 nitrogen and oxygen atoms in total. The molecule has 1 amide bonds. The number of carbonyl (C=O) groups is 1. The van der Waals surface area contributed by atoms with Gasteiger partial charge in [0.15, 0.2) is 0 Å². The highest BCUT2D eigenvalue weighted by atomic mass is 35.5. The number of hydrogen-bond donors (Lipinski definition) is 2. The highest BCUT2D eigenvalue weighted by Crippen LogP contribution is 2.45. The van der Waals surface area contributed by atoms with E-state index in [-0.39, 0.29) is 42.0 Å². The lowest BCUT2D eigenvalue weighted by Crippen LogP contribution is -2.53. The van der Waals surface area contributed by atoms with Crippen LogP contribution in [0, 0.1) is 11.7 Å². The standard InChI is InChI=1S/C17H22ClFN2O.ClH/c1-17(20)8-3-2-5-11(17)16(22)21-14-9-10(14)15-12(18)6-4-7-13(15)19;/h4,6-7,10-11,14H,2-3,5,8-9,20H2,1H3,(H,21,22);1H. The molecule has 0 bridgehead atoms. The van der Waals surface area contributed by atoms with E-state index in [2.05, 4.69) is 5.32 Å². The lowest BCUT2D eigenvalue weighted by atomic mass is 9.74. The van der Waals surface area contributed by atoms with Crippen LogP contribution < -0.4 is 11.1 Å². The lowest BCUT2D eigenvalue weighted by Gasteiger charge is -2.37. The van der Waals surface area contributed by atoms with Crippen LogP contribution in [0.15, 0.2) is 18.2 Å². The summed E-state index contributed by atoms with van der Waals surface area (Å²) in [5.74, 6) is -0.468. The molecular weight excluding hydrogens is 338 g/mol. The number of amides is 1. The van der Waals surface area contributed by atoms with Crippen LogP contribution in [0.1, 0.15) is 50.5 Å². The molecule has 2 fully saturated rings. The number of nitrogens with two attached hydrogens (primary N) is 1. The quantitative estimate of drug-likeness (QED) is 0.861. The zero-order valence-electron chi connectivity index (χ0n) is 13.1. The van der Waals surface area contributed by atoms with Crippen molar-refractivity contribution >= 4 is 29.9 Å². The Kier molecular flexibility index (Phi) is 5.59. The molecule has 0 spiro atoms. The van der Waals surface area contributed by atoms with Gasteiger partial charge in [0.05, 0.1) is 5.92 Å². The fourth-order valence-electron chi connectivity index (χ4n) is 3.61. The maximum atomic E-state index is 13.9. The molecule has 23 heavy (non-hydrogen) atoms. The molecule has 3 rings (SSSR count). The number of nitrogens with one attached hydrogen (secondary N) is 1. The van der Waals surface area contributed by atoms with E-state index in [0.29, 0.717) is 10.6 Å². The molecule has 2 saturated carbocycles. The molecule has 3 N–H and O–H groups in total. The van der Waals surface area contributed by atoms with Gasteiger partial charge in [-0.2, -0.15) is 0 Å². The predicted molar refractivity (Wildman–Crippen MR) is 92.5 cm³/mol. The average Bonchev–Trinajstić information content (AvgIpc) is 3.16. The fraction of sp³-hybridized carbons (Fsp3) is 0.588. The summed E-state index contributed by atoms with van der Waals surface area (Å²) in [4.78, 5) is 12.5. The SMILES string of the molecule is CC1(N)CCCCC1C(=O)NC1CC1c1c(F)cccc1Cl.Cl. The van der Waals surface area contributed by atoms with Gasteiger partial charge in [-0.1, -0.05) is 30.5 Å². The lowest BCUT2D eigenvalue weighted by molar-refractivity contribution is -0.128. The number of hydrogen-bond acceptors (Lipinski definition) is 2. The summed E-state index contributed by atoms with van der Waals surface area (Å²) < 4.78 is 13.9. The first-order chi connectivity index (χ1) is 10.4. The van der Waals surface area contributed by atoms with Crippen molar-refractivity contribution in [1.29, 1.82) is 0 Å². The molecule has 0 aliphatic heterocycles. The third-order valence-corrected chi connectivity index (χ3v) is 5.39. The van der Waals surface area contributed by atoms with E-state index in [1.54, 1.807) is 12.1 Å². The van der Waals surface area contributed by atoms with Crippen LogP contribution in [0.25, 0.3) is 0 Å². The Hall–Kier alpha value is -0.840. The van der Waals surface area contributed by atoms with Crippen molar-refractivity contribution in [2.24, 2.45) is 11.7 Å². The minimum Gasteiger partial charge on any atom is -0.352 e. The van der Waals surface area contributed by atoms with Gasteiger partial charge in [0.1, 0.15) is 5.82 Å². The van der Waals surface area contributed by atoms with Crippen molar-refractivity contribution in [3.05, 3.63) is 34.6 Å². The molecule has 0 aromatic heterocycles. The summed E-state index contributed by atoms with van der Waals surface area (Å²) in [5.41, 5.74) is 6.35. The van der Waals surface area contributed by atoms with E-state index in [9.17, 15) is 9.18 Å². The molecule has 0 saturated heterocycles. The van der Waals surface area contributed by atoms with Gasteiger partial charge >= 0.3 is 0 Å². The summed E-state index contributed by atoms with van der Waals surface area (Å²) >= 11 is 6.09. The molecule has 6 heteroatoms. The highest BCUT2D eigenvalue weighted by molar-refractivity contribution is 6.31. The summed E-state index contributed by atoms with van der Waals surface area (Å²) in [6.45, 7) is 1.95. The first-order valence-corrected chi connectivity index (χ1v) is 8.31. The van der Waals surface area contributed by atoms with Crippen LogP contribution in [-0.4, -0.2) is 17.5 Å². The Morgan fingerprint density at radius 3 is 2.83 bits per heavy atom. The van der Waals surface area contributed by atoms with Crippen molar-refractivity contribution in [3.63, 3.8) is 0 Å². The van der Waals surface area contributed by atoms with Gasteiger partial charge in [0.2, 0.25) is 5.91 Å². The number of benzene rings is 1. The molecular formula is C17H23Cl2FN2O. The van der Waals surface area contributed by atoms with Crippen LogP contribution in [-0.2, 0) is 4.79 Å². The third kappa shape index (κ3) is 3.81. The Balaban J connectivity index is 0.00000192. The molecule has 1 aromatic rings. The molecule has 4 unspecified atom stereocenters. The average molecular weight is 361 g/mol. The van der Waals surface area contributed by atoms with E-state index in [1.165, 1.54) is 6.07 Å². The maximum absolute atomic E-state index is 13.9. The Morgan fingerprint density at radius 1 is 1.43 bits per heavy atom. The van der Waals surface area contributed by atoms with E-state index in [0.717, 1.165) is 32.1 Å². The summed E-state index contributed by atoms with van der Waals surface area (Å²) in [6, 6.07) is 4.67. The fourth-order valence-corrected chi connectivity index (χ4v) is 3.91. The molecule has 2 aliphatic rings. The zero-order chi connectivity index (χ0) is 15.9. The van der Waals surface area contributed by atoms with Crippen LogP contribution >= 0.6 is 24.0 Å². The molecule has 0 radical (unpaired) electrons. The van der Waals surface area contributed by atoms with Gasteiger partial charge in [0.25, 0.3) is 0 Å². The van der Waals surface area contributed by atoms with Crippen LogP contribution in [0.3, 0.4) is 0 Å². The summed E-state index contributed by atoms with van der Waals surface area (Å²) in [7, 11) is 0. The van der Waals surface area contributed by atoms with Crippen molar-refractivity contribution < 1.29 is 9.18 Å². The van der Waals surface area contributed by atoms with Crippen molar-refractivity contribution in [2.75, 3.05) is 0 Å². The van der Waals surface area contributed by atoms with Crippen LogP contribution in [0.5, 0.6) is 0 Å². The Labute approximate surface area is 147 Å². The number of rotatable bonds is 3. The molecule has 2 aliphatic carbocycles. The molecule has 4 atom stereocenters. The van der Waals surface area contributed by atoms with Gasteiger partial charge in [-0.25, -0.2) is 4.39 Å². The normalized spacial score (nSPS) is 32.8. The largest absolute Gasteiger partial charge is 0.352 e. The maximum Gasteiger partial charge on any atom is 0.225 e. The third-order valence-electron chi connectivity index (χ3n) is 5.06. The van der Waals surface area contributed by atoms with Crippen molar-refractivity contribution in [1.82, 2.24) is 5.32 Å². The summed E-state index contributed by atoms with van der Waals surface area (Å²) in [5, 5.41) is 3.47. The molecule has 128 valence electrons. The Bertz CT molecular complexity index is 574. The first kappa shape index (κ1) is 18.5. The van der Waals surface area contributed by atoms with E-state index >= 15 is 0 Å². The van der Waals surface area contributed by atoms with Crippen LogP contribution in [0.4, 0.5) is 4.39 Å². The van der Waals surface area contributed by atoms with E-state index in [1.807, 2.05) is 6.92 Å². The smallest absolute Gasteiger partial charge is 0.225 e. The minimum atomic E-state index is -0.442. The minimum absolute atomic E-state index is 0. The van der Waals surface area contributed by atoms with Crippen molar-refractivity contribution in [2.45, 2.75) is 56.5 Å².